The average Bonchev–Trinajstić information content (AvgIpc) is 3.54. The molecule has 0 bridgehead atoms. The van der Waals surface area contributed by atoms with Gasteiger partial charge in [-0.05, 0) is 38.3 Å². The third kappa shape index (κ3) is 5.78. The summed E-state index contributed by atoms with van der Waals surface area (Å²) in [6.45, 7) is 7.56. The zero-order valence-electron chi connectivity index (χ0n) is 18.7. The molecule has 1 saturated heterocycles. The number of aryl methyl sites for hydroxylation is 2. The molecule has 2 fully saturated rings. The Balaban J connectivity index is 1.31. The van der Waals surface area contributed by atoms with Crippen LogP contribution in [0.15, 0.2) is 30.3 Å². The summed E-state index contributed by atoms with van der Waals surface area (Å²) in [6, 6.07) is 8.65. The molecule has 1 N–H and O–H groups in total. The topological polar surface area (TPSA) is 70.5 Å². The molecule has 4 rings (SSSR count). The van der Waals surface area contributed by atoms with Crippen molar-refractivity contribution < 1.29 is 9.59 Å². The molecular formula is C24H30ClN5O2. The smallest absolute Gasteiger partial charge is 0.246 e. The number of amides is 2. The number of nitrogens with one attached hydrogen (secondary N) is 1. The highest BCUT2D eigenvalue weighted by atomic mass is 35.5. The van der Waals surface area contributed by atoms with E-state index >= 15 is 0 Å². The van der Waals surface area contributed by atoms with Crippen molar-refractivity contribution in [3.8, 4) is 0 Å². The van der Waals surface area contributed by atoms with Crippen molar-refractivity contribution in [2.45, 2.75) is 39.3 Å². The largest absolute Gasteiger partial charge is 0.352 e. The van der Waals surface area contributed by atoms with Gasteiger partial charge in [0, 0.05) is 43.9 Å². The zero-order chi connectivity index (χ0) is 22.7. The van der Waals surface area contributed by atoms with Crippen LogP contribution in [0.5, 0.6) is 0 Å². The van der Waals surface area contributed by atoms with E-state index in [0.717, 1.165) is 29.7 Å². The quantitative estimate of drug-likeness (QED) is 0.651. The standard InChI is InChI=1S/C24H30ClN5O2/c1-17-3-5-19(6-4-17)15-30-24(25)21(18(2)27-30)9-10-23(32)29-13-11-28(12-14-29)16-22(31)26-20-7-8-20/h3-6,9-10,20H,7-8,11-16H2,1-2H3,(H,26,31)/b10-9+. The minimum Gasteiger partial charge on any atom is -0.352 e. The number of nitrogens with zero attached hydrogens (tertiary/aromatic N) is 4. The Kier molecular flexibility index (Phi) is 6.96. The second-order valence-corrected chi connectivity index (χ2v) is 9.07. The number of hydrogen-bond acceptors (Lipinski definition) is 4. The Bertz CT molecular complexity index is 1000. The highest BCUT2D eigenvalue weighted by Gasteiger charge is 2.26. The Labute approximate surface area is 194 Å². The first-order valence-corrected chi connectivity index (χ1v) is 11.5. The first kappa shape index (κ1) is 22.6. The lowest BCUT2D eigenvalue weighted by molar-refractivity contribution is -0.128. The lowest BCUT2D eigenvalue weighted by atomic mass is 10.1. The van der Waals surface area contributed by atoms with E-state index in [1.54, 1.807) is 16.8 Å². The fourth-order valence-electron chi connectivity index (χ4n) is 3.82. The van der Waals surface area contributed by atoms with Crippen molar-refractivity contribution in [2.75, 3.05) is 32.7 Å². The van der Waals surface area contributed by atoms with Gasteiger partial charge in [0.25, 0.3) is 0 Å². The fraction of sp³-hybridized carbons (Fsp3) is 0.458. The van der Waals surface area contributed by atoms with Crippen LogP contribution in [0.3, 0.4) is 0 Å². The van der Waals surface area contributed by atoms with E-state index in [2.05, 4.69) is 46.5 Å². The zero-order valence-corrected chi connectivity index (χ0v) is 19.4. The third-order valence-electron chi connectivity index (χ3n) is 5.95. The second-order valence-electron chi connectivity index (χ2n) is 8.71. The summed E-state index contributed by atoms with van der Waals surface area (Å²) in [4.78, 5) is 28.6. The second kappa shape index (κ2) is 9.88. The van der Waals surface area contributed by atoms with Gasteiger partial charge in [0.2, 0.25) is 11.8 Å². The van der Waals surface area contributed by atoms with Crippen LogP contribution >= 0.6 is 11.6 Å². The Morgan fingerprint density at radius 1 is 1.12 bits per heavy atom. The summed E-state index contributed by atoms with van der Waals surface area (Å²) in [5.41, 5.74) is 3.89. The van der Waals surface area contributed by atoms with E-state index in [4.69, 9.17) is 11.6 Å². The van der Waals surface area contributed by atoms with Crippen molar-refractivity contribution in [3.63, 3.8) is 0 Å². The maximum atomic E-state index is 12.7. The molecular weight excluding hydrogens is 426 g/mol. The van der Waals surface area contributed by atoms with Crippen LogP contribution < -0.4 is 5.32 Å². The van der Waals surface area contributed by atoms with Crippen molar-refractivity contribution in [3.05, 3.63) is 57.9 Å². The number of piperazine rings is 1. The molecule has 0 atom stereocenters. The van der Waals surface area contributed by atoms with Gasteiger partial charge in [-0.3, -0.25) is 14.5 Å². The van der Waals surface area contributed by atoms with E-state index in [1.165, 1.54) is 5.56 Å². The highest BCUT2D eigenvalue weighted by molar-refractivity contribution is 6.31. The van der Waals surface area contributed by atoms with Crippen molar-refractivity contribution >= 4 is 29.5 Å². The Hall–Kier alpha value is -2.64. The number of carbonyl (C=O) groups excluding carboxylic acids is 2. The van der Waals surface area contributed by atoms with E-state index in [9.17, 15) is 9.59 Å². The van der Waals surface area contributed by atoms with Crippen LogP contribution in [0, 0.1) is 13.8 Å². The summed E-state index contributed by atoms with van der Waals surface area (Å²) in [7, 11) is 0. The Morgan fingerprint density at radius 3 is 2.47 bits per heavy atom. The van der Waals surface area contributed by atoms with Crippen LogP contribution in [0.25, 0.3) is 6.08 Å². The number of carbonyl (C=O) groups is 2. The van der Waals surface area contributed by atoms with Gasteiger partial charge in [-0.2, -0.15) is 5.10 Å². The summed E-state index contributed by atoms with van der Waals surface area (Å²) in [5, 5.41) is 8.08. The third-order valence-corrected chi connectivity index (χ3v) is 6.35. The summed E-state index contributed by atoms with van der Waals surface area (Å²) >= 11 is 6.57. The SMILES string of the molecule is Cc1ccc(Cn2nc(C)c(/C=C/C(=O)N3CCN(CC(=O)NC4CC4)CC3)c2Cl)cc1. The maximum Gasteiger partial charge on any atom is 0.246 e. The summed E-state index contributed by atoms with van der Waals surface area (Å²) in [6.07, 6.45) is 5.51. The number of halogens is 1. The molecule has 0 spiro atoms. The average molecular weight is 456 g/mol. The molecule has 1 aliphatic heterocycles. The van der Waals surface area contributed by atoms with Gasteiger partial charge in [-0.15, -0.1) is 0 Å². The molecule has 170 valence electrons. The van der Waals surface area contributed by atoms with Crippen LogP contribution in [-0.4, -0.2) is 70.2 Å². The van der Waals surface area contributed by atoms with Crippen molar-refractivity contribution in [1.82, 2.24) is 24.9 Å². The van der Waals surface area contributed by atoms with Crippen molar-refractivity contribution in [1.29, 1.82) is 0 Å². The van der Waals surface area contributed by atoms with E-state index < -0.39 is 0 Å². The molecule has 2 aromatic rings. The molecule has 2 heterocycles. The molecule has 1 aromatic heterocycles. The molecule has 2 amide bonds. The van der Waals surface area contributed by atoms with Gasteiger partial charge < -0.3 is 10.2 Å². The van der Waals surface area contributed by atoms with Crippen LogP contribution in [0.4, 0.5) is 0 Å². The lowest BCUT2D eigenvalue weighted by Crippen LogP contribution is -2.51. The number of hydrogen-bond donors (Lipinski definition) is 1. The van der Waals surface area contributed by atoms with Gasteiger partial charge >= 0.3 is 0 Å². The monoisotopic (exact) mass is 455 g/mol. The fourth-order valence-corrected chi connectivity index (χ4v) is 4.12. The van der Waals surface area contributed by atoms with Gasteiger partial charge in [0.05, 0.1) is 18.8 Å². The van der Waals surface area contributed by atoms with Gasteiger partial charge in [-0.1, -0.05) is 41.4 Å². The molecule has 0 unspecified atom stereocenters. The molecule has 1 aliphatic carbocycles. The molecule has 2 aliphatic rings. The molecule has 7 nitrogen and oxygen atoms in total. The predicted molar refractivity (Wildman–Crippen MR) is 125 cm³/mol. The molecule has 1 saturated carbocycles. The van der Waals surface area contributed by atoms with E-state index in [-0.39, 0.29) is 11.8 Å². The van der Waals surface area contributed by atoms with E-state index in [0.29, 0.717) is 50.5 Å². The van der Waals surface area contributed by atoms with Gasteiger partial charge in [-0.25, -0.2) is 4.68 Å². The number of rotatable bonds is 7. The minimum atomic E-state index is -0.0474. The van der Waals surface area contributed by atoms with Crippen LogP contribution in [-0.2, 0) is 16.1 Å². The molecule has 32 heavy (non-hydrogen) atoms. The Morgan fingerprint density at radius 2 is 1.81 bits per heavy atom. The van der Waals surface area contributed by atoms with E-state index in [1.807, 2.05) is 11.8 Å². The molecule has 1 aromatic carbocycles. The number of aromatic nitrogens is 2. The van der Waals surface area contributed by atoms with Crippen LogP contribution in [0.1, 0.15) is 35.2 Å². The maximum absolute atomic E-state index is 12.7. The lowest BCUT2D eigenvalue weighted by Gasteiger charge is -2.33. The number of benzene rings is 1. The van der Waals surface area contributed by atoms with Gasteiger partial charge in [0.1, 0.15) is 5.15 Å². The highest BCUT2D eigenvalue weighted by Crippen LogP contribution is 2.23. The van der Waals surface area contributed by atoms with Crippen molar-refractivity contribution in [2.24, 2.45) is 0 Å². The van der Waals surface area contributed by atoms with Crippen LogP contribution in [0.2, 0.25) is 5.15 Å². The minimum absolute atomic E-state index is 0.0474. The van der Waals surface area contributed by atoms with Gasteiger partial charge in [0.15, 0.2) is 0 Å². The first-order valence-electron chi connectivity index (χ1n) is 11.2. The first-order chi connectivity index (χ1) is 15.4. The normalized spacial score (nSPS) is 17.2. The summed E-state index contributed by atoms with van der Waals surface area (Å²) in [5.74, 6) is 0.0359. The molecule has 8 heteroatoms. The summed E-state index contributed by atoms with van der Waals surface area (Å²) < 4.78 is 1.76. The predicted octanol–water partition coefficient (Wildman–Crippen LogP) is 2.64. The molecule has 0 radical (unpaired) electrons.